The lowest BCUT2D eigenvalue weighted by Crippen LogP contribution is -2.41. The molecule has 6 nitrogen and oxygen atoms in total. The molecule has 1 aromatic rings. The summed E-state index contributed by atoms with van der Waals surface area (Å²) in [6.45, 7) is 9.34. The molecule has 3 N–H and O–H groups in total. The Morgan fingerprint density at radius 3 is 2.60 bits per heavy atom. The minimum atomic E-state index is -0.111. The van der Waals surface area contributed by atoms with E-state index in [0.717, 1.165) is 31.4 Å². The summed E-state index contributed by atoms with van der Waals surface area (Å²) in [5, 5.41) is 9.32. The number of aromatic nitrogens is 1. The van der Waals surface area contributed by atoms with Crippen LogP contribution in [0.2, 0.25) is 0 Å². The molecule has 0 aliphatic carbocycles. The number of pyridine rings is 1. The number of rotatable bonds is 10. The molecule has 1 heterocycles. The van der Waals surface area contributed by atoms with Crippen molar-refractivity contribution in [2.75, 3.05) is 26.2 Å². The Balaban J connectivity index is 0.00000576. The third-order valence-electron chi connectivity index (χ3n) is 3.43. The number of nitrogens with zero attached hydrogens (tertiary/aromatic N) is 2. The Bertz CT molecular complexity index is 493. The summed E-state index contributed by atoms with van der Waals surface area (Å²) in [4.78, 5) is 20.4. The van der Waals surface area contributed by atoms with E-state index in [4.69, 9.17) is 0 Å². The third kappa shape index (κ3) is 11.7. The second-order valence-electron chi connectivity index (χ2n) is 6.07. The van der Waals surface area contributed by atoms with Crippen LogP contribution in [0.1, 0.15) is 50.4 Å². The molecule has 0 atom stereocenters. The van der Waals surface area contributed by atoms with Gasteiger partial charge in [-0.3, -0.25) is 14.8 Å². The zero-order valence-corrected chi connectivity index (χ0v) is 17.9. The molecule has 7 heteroatoms. The van der Waals surface area contributed by atoms with Gasteiger partial charge in [0, 0.05) is 38.6 Å². The minimum Gasteiger partial charge on any atom is -0.357 e. The first-order valence-electron chi connectivity index (χ1n) is 8.84. The van der Waals surface area contributed by atoms with Gasteiger partial charge < -0.3 is 16.0 Å². The van der Waals surface area contributed by atoms with Gasteiger partial charge in [0.1, 0.15) is 0 Å². The van der Waals surface area contributed by atoms with E-state index in [2.05, 4.69) is 39.8 Å². The van der Waals surface area contributed by atoms with Crippen molar-refractivity contribution < 1.29 is 4.79 Å². The van der Waals surface area contributed by atoms with E-state index in [9.17, 15) is 4.79 Å². The molecule has 1 rings (SSSR count). The maximum atomic E-state index is 11.9. The first-order valence-corrected chi connectivity index (χ1v) is 8.84. The van der Waals surface area contributed by atoms with Crippen LogP contribution in [0.15, 0.2) is 29.5 Å². The summed E-state index contributed by atoms with van der Waals surface area (Å²) in [5.41, 5.74) is 0.572. The fraction of sp³-hybridized carbons (Fsp3) is 0.611. The fourth-order valence-corrected chi connectivity index (χ4v) is 2.15. The summed E-state index contributed by atoms with van der Waals surface area (Å²) in [5.74, 6) is 1.45. The van der Waals surface area contributed by atoms with E-state index in [1.165, 1.54) is 12.8 Å². The normalized spacial score (nSPS) is 11.0. The highest BCUT2D eigenvalue weighted by atomic mass is 127. The molecule has 0 saturated heterocycles. The number of guanidine groups is 1. The molecule has 0 aromatic carbocycles. The van der Waals surface area contributed by atoms with Crippen LogP contribution in [0.5, 0.6) is 0 Å². The molecule has 1 aromatic heterocycles. The van der Waals surface area contributed by atoms with Crippen LogP contribution in [0.3, 0.4) is 0 Å². The summed E-state index contributed by atoms with van der Waals surface area (Å²) in [6, 6.07) is 3.50. The maximum Gasteiger partial charge on any atom is 0.252 e. The van der Waals surface area contributed by atoms with Crippen molar-refractivity contribution in [1.29, 1.82) is 0 Å². The Morgan fingerprint density at radius 1 is 1.20 bits per heavy atom. The number of nitrogens with one attached hydrogen (secondary N) is 3. The summed E-state index contributed by atoms with van der Waals surface area (Å²) >= 11 is 0. The van der Waals surface area contributed by atoms with Crippen LogP contribution in [-0.2, 0) is 0 Å². The van der Waals surface area contributed by atoms with Gasteiger partial charge in [0.2, 0.25) is 0 Å². The summed E-state index contributed by atoms with van der Waals surface area (Å²) < 4.78 is 0. The van der Waals surface area contributed by atoms with Crippen molar-refractivity contribution >= 4 is 35.8 Å². The van der Waals surface area contributed by atoms with Crippen molar-refractivity contribution in [3.63, 3.8) is 0 Å². The van der Waals surface area contributed by atoms with Crippen molar-refractivity contribution in [1.82, 2.24) is 20.9 Å². The Labute approximate surface area is 168 Å². The topological polar surface area (TPSA) is 78.4 Å². The van der Waals surface area contributed by atoms with Crippen molar-refractivity contribution in [2.24, 2.45) is 10.9 Å². The first-order chi connectivity index (χ1) is 11.6. The standard InChI is InChI=1S/C18H31N5O.HI/c1-4-20-18(22-11-6-5-8-15(2)3)23-13-12-21-17(24)16-9-7-10-19-14-16;/h7,9-10,14-15H,4-6,8,11-13H2,1-3H3,(H,21,24)(H2,20,22,23);1H. The van der Waals surface area contributed by atoms with Gasteiger partial charge in [-0.05, 0) is 31.4 Å². The predicted octanol–water partition coefficient (Wildman–Crippen LogP) is 2.81. The molecule has 0 bridgehead atoms. The van der Waals surface area contributed by atoms with Gasteiger partial charge in [-0.2, -0.15) is 0 Å². The Morgan fingerprint density at radius 2 is 1.96 bits per heavy atom. The van der Waals surface area contributed by atoms with Crippen LogP contribution in [0.25, 0.3) is 0 Å². The lowest BCUT2D eigenvalue weighted by atomic mass is 10.1. The number of hydrogen-bond donors (Lipinski definition) is 3. The number of carbonyl (C=O) groups excluding carboxylic acids is 1. The van der Waals surface area contributed by atoms with E-state index in [1.807, 2.05) is 6.92 Å². The van der Waals surface area contributed by atoms with Crippen LogP contribution in [0, 0.1) is 5.92 Å². The predicted molar refractivity (Wildman–Crippen MR) is 115 cm³/mol. The molecule has 0 fully saturated rings. The highest BCUT2D eigenvalue weighted by Crippen LogP contribution is 2.05. The van der Waals surface area contributed by atoms with Gasteiger partial charge in [0.25, 0.3) is 5.91 Å². The highest BCUT2D eigenvalue weighted by Gasteiger charge is 2.04. The number of carbonyl (C=O) groups is 1. The lowest BCUT2D eigenvalue weighted by molar-refractivity contribution is 0.0954. The van der Waals surface area contributed by atoms with Crippen molar-refractivity contribution in [2.45, 2.75) is 40.0 Å². The molecule has 0 spiro atoms. The van der Waals surface area contributed by atoms with Gasteiger partial charge in [-0.1, -0.05) is 26.7 Å². The minimum absolute atomic E-state index is 0. The fourth-order valence-electron chi connectivity index (χ4n) is 2.15. The summed E-state index contributed by atoms with van der Waals surface area (Å²) in [6.07, 6.45) is 6.78. The van der Waals surface area contributed by atoms with Gasteiger partial charge in [0.05, 0.1) is 5.56 Å². The van der Waals surface area contributed by atoms with E-state index in [-0.39, 0.29) is 29.9 Å². The molecule has 0 saturated carbocycles. The van der Waals surface area contributed by atoms with Crippen molar-refractivity contribution in [3.05, 3.63) is 30.1 Å². The average Bonchev–Trinajstić information content (AvgIpc) is 2.58. The van der Waals surface area contributed by atoms with Crippen LogP contribution < -0.4 is 16.0 Å². The Hall–Kier alpha value is -1.38. The number of hydrogen-bond acceptors (Lipinski definition) is 3. The summed E-state index contributed by atoms with van der Waals surface area (Å²) in [7, 11) is 0. The van der Waals surface area contributed by atoms with Crippen LogP contribution in [-0.4, -0.2) is 43.0 Å². The molecule has 0 radical (unpaired) electrons. The van der Waals surface area contributed by atoms with Gasteiger partial charge in [-0.15, -0.1) is 24.0 Å². The van der Waals surface area contributed by atoms with Crippen LogP contribution >= 0.6 is 24.0 Å². The number of unbranched alkanes of at least 4 members (excludes halogenated alkanes) is 1. The molecule has 1 amide bonds. The lowest BCUT2D eigenvalue weighted by Gasteiger charge is -2.12. The largest absolute Gasteiger partial charge is 0.357 e. The van der Waals surface area contributed by atoms with E-state index in [1.54, 1.807) is 24.5 Å². The zero-order valence-electron chi connectivity index (χ0n) is 15.5. The molecule has 0 unspecified atom stereocenters. The third-order valence-corrected chi connectivity index (χ3v) is 3.43. The number of halogens is 1. The molecule has 0 aliphatic rings. The van der Waals surface area contributed by atoms with Gasteiger partial charge >= 0.3 is 0 Å². The molecular weight excluding hydrogens is 429 g/mol. The molecular formula is C18H32IN5O. The quantitative estimate of drug-likeness (QED) is 0.217. The molecule has 142 valence electrons. The molecule has 0 aliphatic heterocycles. The second-order valence-corrected chi connectivity index (χ2v) is 6.07. The van der Waals surface area contributed by atoms with Gasteiger partial charge in [-0.25, -0.2) is 0 Å². The zero-order chi connectivity index (χ0) is 17.6. The second kappa shape index (κ2) is 14.9. The van der Waals surface area contributed by atoms with Crippen molar-refractivity contribution in [3.8, 4) is 0 Å². The highest BCUT2D eigenvalue weighted by molar-refractivity contribution is 14.0. The van der Waals surface area contributed by atoms with E-state index >= 15 is 0 Å². The first kappa shape index (κ1) is 23.6. The monoisotopic (exact) mass is 461 g/mol. The maximum absolute atomic E-state index is 11.9. The van der Waals surface area contributed by atoms with Gasteiger partial charge in [0.15, 0.2) is 5.96 Å². The number of amides is 1. The van der Waals surface area contributed by atoms with Crippen LogP contribution in [0.4, 0.5) is 0 Å². The van der Waals surface area contributed by atoms with E-state index in [0.29, 0.717) is 18.7 Å². The smallest absolute Gasteiger partial charge is 0.252 e. The Kier molecular flexibility index (Phi) is 14.1. The SMILES string of the molecule is CCNC(=NCCCCC(C)C)NCCNC(=O)c1cccnc1.I. The van der Waals surface area contributed by atoms with E-state index < -0.39 is 0 Å². The average molecular weight is 461 g/mol. The number of aliphatic imine (C=N–C) groups is 1. The molecule has 25 heavy (non-hydrogen) atoms.